The van der Waals surface area contributed by atoms with Gasteiger partial charge in [0, 0.05) is 25.7 Å². The van der Waals surface area contributed by atoms with Gasteiger partial charge in [0.1, 0.15) is 5.82 Å². The maximum Gasteiger partial charge on any atom is 0.211 e. The highest BCUT2D eigenvalue weighted by Crippen LogP contribution is 2.22. The minimum absolute atomic E-state index is 0.0380. The zero-order valence-corrected chi connectivity index (χ0v) is 16.0. The summed E-state index contributed by atoms with van der Waals surface area (Å²) in [4.78, 5) is 2.18. The first-order valence-electron chi connectivity index (χ1n) is 9.12. The molecule has 1 N–H and O–H groups in total. The predicted octanol–water partition coefficient (Wildman–Crippen LogP) is 2.36. The van der Waals surface area contributed by atoms with Gasteiger partial charge in [-0.1, -0.05) is 42.5 Å². The summed E-state index contributed by atoms with van der Waals surface area (Å²) in [5, 5.41) is 0. The molecule has 0 bridgehead atoms. The third kappa shape index (κ3) is 6.10. The Hall–Kier alpha value is -1.80. The first kappa shape index (κ1) is 19.9. The second kappa shape index (κ2) is 9.41. The quantitative estimate of drug-likeness (QED) is 0.749. The van der Waals surface area contributed by atoms with Crippen molar-refractivity contribution in [2.24, 2.45) is 0 Å². The topological polar surface area (TPSA) is 58.6 Å². The highest BCUT2D eigenvalue weighted by atomic mass is 32.2. The van der Waals surface area contributed by atoms with Crippen LogP contribution in [0.4, 0.5) is 4.39 Å². The molecule has 1 saturated heterocycles. The molecule has 0 aromatic heterocycles. The molecule has 2 aromatic rings. The smallest absolute Gasteiger partial charge is 0.211 e. The minimum Gasteiger partial charge on any atom is -0.379 e. The standard InChI is InChI=1S/C20H25FN2O3S/c21-19-8-6-18(7-9-19)20(23-11-13-26-14-12-23)16-22-27(24,25)15-10-17-4-2-1-3-5-17/h1-9,20,22H,10-16H2. The summed E-state index contributed by atoms with van der Waals surface area (Å²) in [6, 6.07) is 15.7. The van der Waals surface area contributed by atoms with Crippen molar-refractivity contribution in [2.75, 3.05) is 38.6 Å². The van der Waals surface area contributed by atoms with Gasteiger partial charge in [0.2, 0.25) is 10.0 Å². The maximum atomic E-state index is 13.3. The molecule has 2 aromatic carbocycles. The first-order chi connectivity index (χ1) is 13.0. The lowest BCUT2D eigenvalue weighted by atomic mass is 10.0. The molecule has 3 rings (SSSR count). The van der Waals surface area contributed by atoms with Gasteiger partial charge in [-0.2, -0.15) is 0 Å². The van der Waals surface area contributed by atoms with E-state index in [1.807, 2.05) is 30.3 Å². The fourth-order valence-corrected chi connectivity index (χ4v) is 4.27. The summed E-state index contributed by atoms with van der Waals surface area (Å²) >= 11 is 0. The van der Waals surface area contributed by atoms with Crippen molar-refractivity contribution in [1.29, 1.82) is 0 Å². The fourth-order valence-electron chi connectivity index (χ4n) is 3.21. The second-order valence-corrected chi connectivity index (χ2v) is 8.55. The number of nitrogens with one attached hydrogen (secondary N) is 1. The molecular weight excluding hydrogens is 367 g/mol. The van der Waals surface area contributed by atoms with Crippen LogP contribution in [0.15, 0.2) is 54.6 Å². The van der Waals surface area contributed by atoms with E-state index in [0.717, 1.165) is 11.1 Å². The number of hydrogen-bond acceptors (Lipinski definition) is 4. The maximum absolute atomic E-state index is 13.3. The van der Waals surface area contributed by atoms with Gasteiger partial charge in [-0.15, -0.1) is 0 Å². The van der Waals surface area contributed by atoms with Crippen molar-refractivity contribution >= 4 is 10.0 Å². The Bertz CT molecular complexity index is 807. The van der Waals surface area contributed by atoms with Gasteiger partial charge in [-0.3, -0.25) is 4.90 Å². The lowest BCUT2D eigenvalue weighted by molar-refractivity contribution is 0.0172. The van der Waals surface area contributed by atoms with Crippen molar-refractivity contribution in [2.45, 2.75) is 12.5 Å². The second-order valence-electron chi connectivity index (χ2n) is 6.62. The van der Waals surface area contributed by atoms with Gasteiger partial charge in [-0.25, -0.2) is 17.5 Å². The Morgan fingerprint density at radius 1 is 1.04 bits per heavy atom. The van der Waals surface area contributed by atoms with E-state index < -0.39 is 10.0 Å². The lowest BCUT2D eigenvalue weighted by Crippen LogP contribution is -2.44. The number of aryl methyl sites for hydroxylation is 1. The minimum atomic E-state index is -3.41. The summed E-state index contributed by atoms with van der Waals surface area (Å²) in [6.07, 6.45) is 0.467. The van der Waals surface area contributed by atoms with Gasteiger partial charge >= 0.3 is 0 Å². The van der Waals surface area contributed by atoms with E-state index in [0.29, 0.717) is 32.7 Å². The van der Waals surface area contributed by atoms with E-state index in [1.54, 1.807) is 12.1 Å². The molecular formula is C20H25FN2O3S. The zero-order chi connectivity index (χ0) is 19.1. The third-order valence-corrected chi connectivity index (χ3v) is 6.09. The SMILES string of the molecule is O=S(=O)(CCc1ccccc1)NCC(c1ccc(F)cc1)N1CCOCC1. The molecule has 1 heterocycles. The van der Waals surface area contributed by atoms with E-state index in [2.05, 4.69) is 9.62 Å². The molecule has 0 amide bonds. The third-order valence-electron chi connectivity index (χ3n) is 4.74. The molecule has 146 valence electrons. The Morgan fingerprint density at radius 2 is 1.70 bits per heavy atom. The van der Waals surface area contributed by atoms with Gasteiger partial charge in [0.25, 0.3) is 0 Å². The van der Waals surface area contributed by atoms with E-state index in [1.165, 1.54) is 12.1 Å². The van der Waals surface area contributed by atoms with E-state index in [9.17, 15) is 12.8 Å². The Morgan fingerprint density at radius 3 is 2.37 bits per heavy atom. The monoisotopic (exact) mass is 392 g/mol. The Kier molecular flexibility index (Phi) is 6.95. The summed E-state index contributed by atoms with van der Waals surface area (Å²) in [7, 11) is -3.41. The largest absolute Gasteiger partial charge is 0.379 e. The number of morpholine rings is 1. The van der Waals surface area contributed by atoms with E-state index in [4.69, 9.17) is 4.74 Å². The highest BCUT2D eigenvalue weighted by molar-refractivity contribution is 7.89. The average molecular weight is 392 g/mol. The Labute approximate surface area is 160 Å². The number of hydrogen-bond donors (Lipinski definition) is 1. The molecule has 1 aliphatic heterocycles. The predicted molar refractivity (Wildman–Crippen MR) is 103 cm³/mol. The van der Waals surface area contributed by atoms with Crippen LogP contribution in [0.5, 0.6) is 0 Å². The van der Waals surface area contributed by atoms with Crippen LogP contribution in [-0.2, 0) is 21.2 Å². The zero-order valence-electron chi connectivity index (χ0n) is 15.2. The van der Waals surface area contributed by atoms with Crippen LogP contribution in [0.25, 0.3) is 0 Å². The van der Waals surface area contributed by atoms with Crippen molar-refractivity contribution < 1.29 is 17.5 Å². The lowest BCUT2D eigenvalue weighted by Gasteiger charge is -2.34. The fraction of sp³-hybridized carbons (Fsp3) is 0.400. The summed E-state index contributed by atoms with van der Waals surface area (Å²) in [6.45, 7) is 2.90. The summed E-state index contributed by atoms with van der Waals surface area (Å²) in [5.41, 5.74) is 1.88. The van der Waals surface area contributed by atoms with Crippen LogP contribution in [0.3, 0.4) is 0 Å². The normalized spacial score (nSPS) is 16.9. The molecule has 27 heavy (non-hydrogen) atoms. The molecule has 7 heteroatoms. The van der Waals surface area contributed by atoms with Gasteiger partial charge in [-0.05, 0) is 29.7 Å². The summed E-state index contributed by atoms with van der Waals surface area (Å²) < 4.78 is 46.3. The number of benzene rings is 2. The number of sulfonamides is 1. The highest BCUT2D eigenvalue weighted by Gasteiger charge is 2.24. The van der Waals surface area contributed by atoms with Crippen LogP contribution >= 0.6 is 0 Å². The first-order valence-corrected chi connectivity index (χ1v) is 10.8. The van der Waals surface area contributed by atoms with Gasteiger partial charge < -0.3 is 4.74 Å². The number of ether oxygens (including phenoxy) is 1. The van der Waals surface area contributed by atoms with Crippen LogP contribution in [0.1, 0.15) is 17.2 Å². The molecule has 5 nitrogen and oxygen atoms in total. The van der Waals surface area contributed by atoms with Crippen molar-refractivity contribution in [1.82, 2.24) is 9.62 Å². The molecule has 1 fully saturated rings. The van der Waals surface area contributed by atoms with Crippen molar-refractivity contribution in [3.63, 3.8) is 0 Å². The molecule has 0 aliphatic carbocycles. The number of rotatable bonds is 8. The molecule has 0 spiro atoms. The number of nitrogens with zero attached hydrogens (tertiary/aromatic N) is 1. The van der Waals surface area contributed by atoms with Gasteiger partial charge in [0.05, 0.1) is 19.0 Å². The van der Waals surface area contributed by atoms with Crippen LogP contribution in [-0.4, -0.2) is 51.9 Å². The molecule has 0 saturated carbocycles. The van der Waals surface area contributed by atoms with Crippen LogP contribution in [0, 0.1) is 5.82 Å². The van der Waals surface area contributed by atoms with E-state index in [-0.39, 0.29) is 24.2 Å². The molecule has 1 aliphatic rings. The van der Waals surface area contributed by atoms with E-state index >= 15 is 0 Å². The molecule has 1 atom stereocenters. The Balaban J connectivity index is 1.65. The average Bonchev–Trinajstić information content (AvgIpc) is 2.70. The van der Waals surface area contributed by atoms with Crippen molar-refractivity contribution in [3.8, 4) is 0 Å². The van der Waals surface area contributed by atoms with Crippen LogP contribution in [0.2, 0.25) is 0 Å². The number of halogens is 1. The van der Waals surface area contributed by atoms with Crippen LogP contribution < -0.4 is 4.72 Å². The van der Waals surface area contributed by atoms with Crippen molar-refractivity contribution in [3.05, 3.63) is 71.5 Å². The van der Waals surface area contributed by atoms with Gasteiger partial charge in [0.15, 0.2) is 0 Å². The molecule has 0 radical (unpaired) electrons. The summed E-state index contributed by atoms with van der Waals surface area (Å²) in [5.74, 6) is -0.265. The molecule has 1 unspecified atom stereocenters.